The summed E-state index contributed by atoms with van der Waals surface area (Å²) in [5.74, 6) is 1.76. The van der Waals surface area contributed by atoms with E-state index < -0.39 is 0 Å². The molecule has 0 unspecified atom stereocenters. The molecule has 6 nitrogen and oxygen atoms in total. The van der Waals surface area contributed by atoms with Gasteiger partial charge in [-0.2, -0.15) is 0 Å². The number of aryl methyl sites for hydroxylation is 3. The van der Waals surface area contributed by atoms with Crippen molar-refractivity contribution in [2.75, 3.05) is 11.1 Å². The smallest absolute Gasteiger partial charge is 0.234 e. The van der Waals surface area contributed by atoms with Crippen LogP contribution in [0, 0.1) is 20.8 Å². The van der Waals surface area contributed by atoms with Crippen LogP contribution < -0.4 is 10.1 Å². The van der Waals surface area contributed by atoms with Gasteiger partial charge in [-0.25, -0.2) is 0 Å². The fourth-order valence-corrected chi connectivity index (χ4v) is 5.38. The Morgan fingerprint density at radius 3 is 2.53 bits per heavy atom. The number of halogens is 1. The summed E-state index contributed by atoms with van der Waals surface area (Å²) in [6, 6.07) is 12.0. The number of benzene rings is 2. The van der Waals surface area contributed by atoms with Gasteiger partial charge in [0, 0.05) is 16.8 Å². The molecule has 3 aromatic rings. The first-order chi connectivity index (χ1) is 16.4. The first-order valence-electron chi connectivity index (χ1n) is 11.7. The summed E-state index contributed by atoms with van der Waals surface area (Å²) in [6.07, 6.45) is 5.82. The van der Waals surface area contributed by atoms with Crippen LogP contribution in [0.15, 0.2) is 41.6 Å². The Morgan fingerprint density at radius 2 is 1.82 bits per heavy atom. The van der Waals surface area contributed by atoms with Crippen LogP contribution >= 0.6 is 23.4 Å². The van der Waals surface area contributed by atoms with E-state index in [-0.39, 0.29) is 11.7 Å². The third kappa shape index (κ3) is 6.33. The van der Waals surface area contributed by atoms with Gasteiger partial charge in [0.15, 0.2) is 11.0 Å². The number of carbonyl (C=O) groups is 1. The molecule has 4 rings (SSSR count). The first kappa shape index (κ1) is 24.6. The normalized spacial score (nSPS) is 14.2. The summed E-state index contributed by atoms with van der Waals surface area (Å²) in [6.45, 7) is 6.33. The molecule has 0 saturated heterocycles. The molecule has 1 heterocycles. The van der Waals surface area contributed by atoms with E-state index in [0.29, 0.717) is 12.6 Å². The molecule has 0 spiro atoms. The average molecular weight is 499 g/mol. The molecule has 2 aromatic carbocycles. The Kier molecular flexibility index (Phi) is 8.16. The third-order valence-corrected chi connectivity index (χ3v) is 7.38. The fraction of sp³-hybridized carbons (Fsp3) is 0.423. The molecule has 1 saturated carbocycles. The van der Waals surface area contributed by atoms with Crippen molar-refractivity contribution in [2.45, 2.75) is 70.7 Å². The lowest BCUT2D eigenvalue weighted by atomic mass is 9.95. The van der Waals surface area contributed by atoms with Crippen LogP contribution in [0.5, 0.6) is 5.75 Å². The predicted octanol–water partition coefficient (Wildman–Crippen LogP) is 6.67. The Labute approximate surface area is 210 Å². The number of nitrogens with one attached hydrogen (secondary N) is 1. The predicted molar refractivity (Wildman–Crippen MR) is 138 cm³/mol. The highest BCUT2D eigenvalue weighted by molar-refractivity contribution is 7.99. The molecule has 1 aromatic heterocycles. The molecule has 1 N–H and O–H groups in total. The quantitative estimate of drug-likeness (QED) is 0.351. The van der Waals surface area contributed by atoms with E-state index in [1.54, 1.807) is 0 Å². The van der Waals surface area contributed by atoms with Gasteiger partial charge in [0.25, 0.3) is 0 Å². The molecule has 0 radical (unpaired) electrons. The average Bonchev–Trinajstić information content (AvgIpc) is 3.21. The van der Waals surface area contributed by atoms with E-state index in [1.165, 1.54) is 31.0 Å². The second-order valence-electron chi connectivity index (χ2n) is 8.97. The van der Waals surface area contributed by atoms with Gasteiger partial charge in [-0.05, 0) is 80.6 Å². The van der Waals surface area contributed by atoms with E-state index in [2.05, 4.69) is 26.1 Å². The molecule has 8 heteroatoms. The Morgan fingerprint density at radius 1 is 1.09 bits per heavy atom. The highest BCUT2D eigenvalue weighted by Crippen LogP contribution is 2.33. The molecular weight excluding hydrogens is 468 g/mol. The van der Waals surface area contributed by atoms with Gasteiger partial charge in [0.05, 0.1) is 5.75 Å². The van der Waals surface area contributed by atoms with E-state index >= 15 is 0 Å². The lowest BCUT2D eigenvalue weighted by Crippen LogP contribution is -2.19. The second kappa shape index (κ2) is 11.3. The molecule has 34 heavy (non-hydrogen) atoms. The molecule has 1 amide bonds. The van der Waals surface area contributed by atoms with Crippen LogP contribution in [-0.2, 0) is 11.4 Å². The van der Waals surface area contributed by atoms with E-state index in [0.717, 1.165) is 57.0 Å². The van der Waals surface area contributed by atoms with Crippen LogP contribution in [0.1, 0.15) is 60.7 Å². The third-order valence-electron chi connectivity index (χ3n) is 6.01. The molecule has 0 aliphatic heterocycles. The van der Waals surface area contributed by atoms with Crippen LogP contribution in [-0.4, -0.2) is 26.4 Å². The van der Waals surface area contributed by atoms with Gasteiger partial charge in [-0.15, -0.1) is 10.2 Å². The van der Waals surface area contributed by atoms with Crippen molar-refractivity contribution in [3.8, 4) is 5.75 Å². The number of hydrogen-bond acceptors (Lipinski definition) is 5. The summed E-state index contributed by atoms with van der Waals surface area (Å²) in [4.78, 5) is 12.6. The number of hydrogen-bond donors (Lipinski definition) is 1. The van der Waals surface area contributed by atoms with Crippen LogP contribution in [0.3, 0.4) is 0 Å². The Bertz CT molecular complexity index is 1140. The van der Waals surface area contributed by atoms with Crippen molar-refractivity contribution in [3.63, 3.8) is 0 Å². The van der Waals surface area contributed by atoms with Crippen molar-refractivity contribution in [2.24, 2.45) is 0 Å². The highest BCUT2D eigenvalue weighted by Gasteiger charge is 2.24. The number of ether oxygens (including phenoxy) is 1. The molecule has 1 fully saturated rings. The molecule has 0 atom stereocenters. The van der Waals surface area contributed by atoms with E-state index in [4.69, 9.17) is 16.3 Å². The number of anilines is 1. The minimum atomic E-state index is -0.0531. The van der Waals surface area contributed by atoms with Crippen molar-refractivity contribution in [1.82, 2.24) is 14.8 Å². The summed E-state index contributed by atoms with van der Waals surface area (Å²) in [5.41, 5.74) is 4.05. The molecule has 1 aliphatic carbocycles. The van der Waals surface area contributed by atoms with Gasteiger partial charge >= 0.3 is 0 Å². The number of nitrogens with zero attached hydrogens (tertiary/aromatic N) is 3. The molecule has 0 bridgehead atoms. The summed E-state index contributed by atoms with van der Waals surface area (Å²) in [5, 5.41) is 13.4. The largest absolute Gasteiger partial charge is 0.486 e. The zero-order valence-corrected chi connectivity index (χ0v) is 21.5. The SMILES string of the molecule is Cc1cc(C)cc(NC(=O)CSc2nnc(COc3ccc(Cl)c(C)c3)n2C2CCCCC2)c1. The fourth-order valence-electron chi connectivity index (χ4n) is 4.44. The maximum atomic E-state index is 12.6. The monoisotopic (exact) mass is 498 g/mol. The van der Waals surface area contributed by atoms with Crippen molar-refractivity contribution in [1.29, 1.82) is 0 Å². The van der Waals surface area contributed by atoms with Gasteiger partial charge in [-0.1, -0.05) is 48.7 Å². The molecular formula is C26H31ClN4O2S. The topological polar surface area (TPSA) is 69.0 Å². The van der Waals surface area contributed by atoms with E-state index in [9.17, 15) is 4.79 Å². The summed E-state index contributed by atoms with van der Waals surface area (Å²) >= 11 is 7.56. The van der Waals surface area contributed by atoms with Crippen LogP contribution in [0.4, 0.5) is 5.69 Å². The van der Waals surface area contributed by atoms with Crippen molar-refractivity contribution in [3.05, 3.63) is 63.9 Å². The number of rotatable bonds is 8. The maximum Gasteiger partial charge on any atom is 0.234 e. The zero-order valence-electron chi connectivity index (χ0n) is 19.9. The summed E-state index contributed by atoms with van der Waals surface area (Å²) < 4.78 is 8.22. The Balaban J connectivity index is 1.46. The van der Waals surface area contributed by atoms with Crippen molar-refractivity contribution >= 4 is 35.0 Å². The van der Waals surface area contributed by atoms with Gasteiger partial charge in [0.1, 0.15) is 12.4 Å². The minimum Gasteiger partial charge on any atom is -0.486 e. The van der Waals surface area contributed by atoms with Crippen LogP contribution in [0.25, 0.3) is 0 Å². The lowest BCUT2D eigenvalue weighted by Gasteiger charge is -2.25. The minimum absolute atomic E-state index is 0.0531. The maximum absolute atomic E-state index is 12.6. The number of amides is 1. The molecule has 1 aliphatic rings. The second-order valence-corrected chi connectivity index (χ2v) is 10.3. The number of carbonyl (C=O) groups excluding carboxylic acids is 1. The van der Waals surface area contributed by atoms with Crippen LogP contribution in [0.2, 0.25) is 5.02 Å². The standard InChI is InChI=1S/C26H31ClN4O2S/c1-17-11-18(2)13-20(12-17)28-25(32)16-34-26-30-29-24(31(26)21-7-5-4-6-8-21)15-33-22-9-10-23(27)19(3)14-22/h9-14,21H,4-8,15-16H2,1-3H3,(H,28,32). The zero-order chi connectivity index (χ0) is 24.1. The van der Waals surface area contributed by atoms with Gasteiger partial charge in [-0.3, -0.25) is 9.36 Å². The molecule has 180 valence electrons. The van der Waals surface area contributed by atoms with Gasteiger partial charge in [0.2, 0.25) is 5.91 Å². The number of aromatic nitrogens is 3. The van der Waals surface area contributed by atoms with Crippen molar-refractivity contribution < 1.29 is 9.53 Å². The summed E-state index contributed by atoms with van der Waals surface area (Å²) in [7, 11) is 0. The van der Waals surface area contributed by atoms with E-state index in [1.807, 2.05) is 51.1 Å². The lowest BCUT2D eigenvalue weighted by molar-refractivity contribution is -0.113. The number of thioether (sulfide) groups is 1. The highest BCUT2D eigenvalue weighted by atomic mass is 35.5. The first-order valence-corrected chi connectivity index (χ1v) is 13.1. The van der Waals surface area contributed by atoms with Gasteiger partial charge < -0.3 is 10.1 Å². The Hall–Kier alpha value is -2.51.